The zero-order valence-corrected chi connectivity index (χ0v) is 13.3. The molecule has 0 N–H and O–H groups in total. The molecule has 0 spiro atoms. The molecule has 2 aromatic rings. The number of nitrogens with zero attached hydrogens (tertiary/aromatic N) is 4. The van der Waals surface area contributed by atoms with Crippen LogP contribution in [-0.4, -0.2) is 47.3 Å². The molecule has 0 radical (unpaired) electrons. The molecule has 2 atom stereocenters. The predicted molar refractivity (Wildman–Crippen MR) is 88.8 cm³/mol. The molecule has 2 fully saturated rings. The highest BCUT2D eigenvalue weighted by molar-refractivity contribution is 5.59. The summed E-state index contributed by atoms with van der Waals surface area (Å²) in [7, 11) is 2.24. The summed E-state index contributed by atoms with van der Waals surface area (Å²) in [6, 6.07) is 11.7. The molecule has 0 amide bonds. The van der Waals surface area contributed by atoms with E-state index in [2.05, 4.69) is 27.0 Å². The van der Waals surface area contributed by atoms with E-state index in [0.717, 1.165) is 24.5 Å². The van der Waals surface area contributed by atoms with Crippen LogP contribution in [0, 0.1) is 5.82 Å². The Hall–Kier alpha value is -2.01. The van der Waals surface area contributed by atoms with Gasteiger partial charge in [-0.2, -0.15) is 0 Å². The highest BCUT2D eigenvalue weighted by Gasteiger charge is 2.35. The maximum Gasteiger partial charge on any atom is 0.151 e. The van der Waals surface area contributed by atoms with E-state index in [1.54, 1.807) is 6.07 Å². The van der Waals surface area contributed by atoms with Gasteiger partial charge in [0.2, 0.25) is 0 Å². The van der Waals surface area contributed by atoms with Gasteiger partial charge in [0.1, 0.15) is 5.82 Å². The highest BCUT2D eigenvalue weighted by Crippen LogP contribution is 2.29. The summed E-state index contributed by atoms with van der Waals surface area (Å²) >= 11 is 0. The third-order valence-electron chi connectivity index (χ3n) is 5.18. The normalized spacial score (nSPS) is 24.7. The number of halogens is 1. The number of rotatable bonds is 2. The van der Waals surface area contributed by atoms with Crippen LogP contribution in [0.1, 0.15) is 19.3 Å². The molecule has 120 valence electrons. The summed E-state index contributed by atoms with van der Waals surface area (Å²) in [6.07, 6.45) is 3.86. The zero-order valence-electron chi connectivity index (χ0n) is 13.3. The number of hydrogen-bond acceptors (Lipinski definition) is 4. The standard InChI is InChI=1S/C18H21FN4/c1-22-15-6-3-7-16(22)12-23(11-15)18-9-8-17(20-21-18)13-4-2-5-14(19)10-13/h2,4-5,8-10,15-16H,3,6-7,11-12H2,1H3. The van der Waals surface area contributed by atoms with Gasteiger partial charge in [0.25, 0.3) is 0 Å². The first-order valence-electron chi connectivity index (χ1n) is 8.27. The molecule has 0 aliphatic carbocycles. The molecule has 2 aliphatic heterocycles. The van der Waals surface area contributed by atoms with E-state index >= 15 is 0 Å². The first kappa shape index (κ1) is 14.6. The van der Waals surface area contributed by atoms with Crippen LogP contribution in [0.2, 0.25) is 0 Å². The second kappa shape index (κ2) is 5.89. The first-order valence-corrected chi connectivity index (χ1v) is 8.27. The van der Waals surface area contributed by atoms with Crippen LogP contribution in [-0.2, 0) is 0 Å². The van der Waals surface area contributed by atoms with E-state index in [1.165, 1.54) is 31.4 Å². The molecular formula is C18H21FN4. The lowest BCUT2D eigenvalue weighted by atomic mass is 9.92. The van der Waals surface area contributed by atoms with Crippen molar-refractivity contribution in [1.82, 2.24) is 15.1 Å². The Bertz CT molecular complexity index is 674. The lowest BCUT2D eigenvalue weighted by Gasteiger charge is -2.48. The van der Waals surface area contributed by atoms with Crippen molar-refractivity contribution < 1.29 is 4.39 Å². The number of anilines is 1. The predicted octanol–water partition coefficient (Wildman–Crippen LogP) is 2.96. The molecule has 3 heterocycles. The van der Waals surface area contributed by atoms with Crippen molar-refractivity contribution in [3.05, 3.63) is 42.2 Å². The molecule has 2 saturated heterocycles. The number of likely N-dealkylation sites (N-methyl/N-ethyl adjacent to an activating group) is 1. The molecule has 2 bridgehead atoms. The van der Waals surface area contributed by atoms with E-state index < -0.39 is 0 Å². The minimum Gasteiger partial charge on any atom is -0.352 e. The Labute approximate surface area is 135 Å². The first-order chi connectivity index (χ1) is 11.2. The van der Waals surface area contributed by atoms with Crippen LogP contribution in [0.25, 0.3) is 11.3 Å². The van der Waals surface area contributed by atoms with E-state index in [4.69, 9.17) is 0 Å². The van der Waals surface area contributed by atoms with Gasteiger partial charge in [0.15, 0.2) is 5.82 Å². The quantitative estimate of drug-likeness (QED) is 0.853. The zero-order chi connectivity index (χ0) is 15.8. The Morgan fingerprint density at radius 3 is 2.48 bits per heavy atom. The van der Waals surface area contributed by atoms with Gasteiger partial charge in [-0.15, -0.1) is 10.2 Å². The van der Waals surface area contributed by atoms with Crippen LogP contribution in [0.5, 0.6) is 0 Å². The maximum absolute atomic E-state index is 13.3. The van der Waals surface area contributed by atoms with Crippen LogP contribution < -0.4 is 4.90 Å². The third kappa shape index (κ3) is 2.81. The molecule has 1 aromatic carbocycles. The molecule has 4 rings (SSSR count). The molecule has 0 saturated carbocycles. The second-order valence-electron chi connectivity index (χ2n) is 6.60. The van der Waals surface area contributed by atoms with Gasteiger partial charge in [0.05, 0.1) is 5.69 Å². The molecule has 2 aliphatic rings. The van der Waals surface area contributed by atoms with Gasteiger partial charge >= 0.3 is 0 Å². The lowest BCUT2D eigenvalue weighted by molar-refractivity contribution is 0.0946. The Morgan fingerprint density at radius 1 is 1.04 bits per heavy atom. The Balaban J connectivity index is 1.54. The van der Waals surface area contributed by atoms with Crippen molar-refractivity contribution in [2.75, 3.05) is 25.0 Å². The monoisotopic (exact) mass is 312 g/mol. The van der Waals surface area contributed by atoms with Crippen LogP contribution in [0.4, 0.5) is 10.2 Å². The van der Waals surface area contributed by atoms with Crippen molar-refractivity contribution in [1.29, 1.82) is 0 Å². The Morgan fingerprint density at radius 2 is 1.83 bits per heavy atom. The van der Waals surface area contributed by atoms with E-state index in [0.29, 0.717) is 17.8 Å². The fraction of sp³-hybridized carbons (Fsp3) is 0.444. The fourth-order valence-corrected chi connectivity index (χ4v) is 3.80. The largest absolute Gasteiger partial charge is 0.352 e. The average Bonchev–Trinajstić information content (AvgIpc) is 2.55. The summed E-state index contributed by atoms with van der Waals surface area (Å²) in [5, 5.41) is 8.70. The van der Waals surface area contributed by atoms with E-state index in [-0.39, 0.29) is 5.82 Å². The number of fused-ring (bicyclic) bond motifs is 2. The van der Waals surface area contributed by atoms with Gasteiger partial charge in [-0.25, -0.2) is 4.39 Å². The Kier molecular flexibility index (Phi) is 3.73. The van der Waals surface area contributed by atoms with Gasteiger partial charge in [-0.1, -0.05) is 18.6 Å². The summed E-state index contributed by atoms with van der Waals surface area (Å²) in [5.41, 5.74) is 1.47. The average molecular weight is 312 g/mol. The summed E-state index contributed by atoms with van der Waals surface area (Å²) in [4.78, 5) is 4.87. The van der Waals surface area contributed by atoms with Gasteiger partial charge in [0, 0.05) is 30.7 Å². The number of piperazine rings is 1. The topological polar surface area (TPSA) is 32.3 Å². The molecular weight excluding hydrogens is 291 g/mol. The minimum atomic E-state index is -0.250. The van der Waals surface area contributed by atoms with Gasteiger partial charge in [-0.3, -0.25) is 4.90 Å². The number of hydrogen-bond donors (Lipinski definition) is 0. The van der Waals surface area contributed by atoms with Crippen molar-refractivity contribution in [3.8, 4) is 11.3 Å². The molecule has 4 nitrogen and oxygen atoms in total. The van der Waals surface area contributed by atoms with Crippen molar-refractivity contribution >= 4 is 5.82 Å². The number of piperidine rings is 1. The van der Waals surface area contributed by atoms with Gasteiger partial charge in [-0.05, 0) is 44.2 Å². The van der Waals surface area contributed by atoms with E-state index in [9.17, 15) is 4.39 Å². The third-order valence-corrected chi connectivity index (χ3v) is 5.18. The number of aromatic nitrogens is 2. The minimum absolute atomic E-state index is 0.250. The summed E-state index contributed by atoms with van der Waals surface area (Å²) < 4.78 is 13.3. The van der Waals surface area contributed by atoms with Crippen molar-refractivity contribution in [3.63, 3.8) is 0 Å². The maximum atomic E-state index is 13.3. The van der Waals surface area contributed by atoms with E-state index in [1.807, 2.05) is 18.2 Å². The smallest absolute Gasteiger partial charge is 0.151 e. The highest BCUT2D eigenvalue weighted by atomic mass is 19.1. The lowest BCUT2D eigenvalue weighted by Crippen LogP contribution is -2.59. The van der Waals surface area contributed by atoms with Crippen molar-refractivity contribution in [2.24, 2.45) is 0 Å². The number of benzene rings is 1. The molecule has 2 unspecified atom stereocenters. The SMILES string of the molecule is CN1C2CCCC1CN(c1ccc(-c3cccc(F)c3)nn1)C2. The fourth-order valence-electron chi connectivity index (χ4n) is 3.80. The summed E-state index contributed by atoms with van der Waals surface area (Å²) in [6.45, 7) is 2.03. The van der Waals surface area contributed by atoms with Crippen LogP contribution in [0.15, 0.2) is 36.4 Å². The molecule has 5 heteroatoms. The van der Waals surface area contributed by atoms with Crippen molar-refractivity contribution in [2.45, 2.75) is 31.3 Å². The van der Waals surface area contributed by atoms with Crippen LogP contribution in [0.3, 0.4) is 0 Å². The molecule has 23 heavy (non-hydrogen) atoms. The van der Waals surface area contributed by atoms with Crippen LogP contribution >= 0.6 is 0 Å². The summed E-state index contributed by atoms with van der Waals surface area (Å²) in [5.74, 6) is 0.676. The second-order valence-corrected chi connectivity index (χ2v) is 6.60. The van der Waals surface area contributed by atoms with Gasteiger partial charge < -0.3 is 4.90 Å². The molecule has 1 aromatic heterocycles.